The van der Waals surface area contributed by atoms with Crippen LogP contribution in [0.4, 0.5) is 4.39 Å². The number of hydrogen-bond acceptors (Lipinski definition) is 4. The van der Waals surface area contributed by atoms with Gasteiger partial charge in [-0.1, -0.05) is 39.0 Å². The molecule has 2 aromatic rings. The summed E-state index contributed by atoms with van der Waals surface area (Å²) < 4.78 is 24.8. The van der Waals surface area contributed by atoms with Crippen molar-refractivity contribution in [3.8, 4) is 17.6 Å². The molecule has 0 spiro atoms. The first kappa shape index (κ1) is 22.6. The van der Waals surface area contributed by atoms with Crippen LogP contribution in [0.3, 0.4) is 0 Å². The van der Waals surface area contributed by atoms with Gasteiger partial charge in [-0.05, 0) is 54.5 Å². The molecule has 7 heteroatoms. The summed E-state index contributed by atoms with van der Waals surface area (Å²) in [6, 6.07) is 13.7. The van der Waals surface area contributed by atoms with E-state index in [4.69, 9.17) is 21.7 Å². The van der Waals surface area contributed by atoms with Gasteiger partial charge in [-0.15, -0.1) is 0 Å². The third-order valence-corrected chi connectivity index (χ3v) is 5.07. The molecule has 0 aromatic heterocycles. The number of ether oxygens (including phenoxy) is 2. The van der Waals surface area contributed by atoms with E-state index in [0.717, 1.165) is 16.8 Å². The maximum Gasteiger partial charge on any atom is 0.171 e. The van der Waals surface area contributed by atoms with Crippen molar-refractivity contribution in [2.75, 3.05) is 6.61 Å². The molecule has 2 aromatic carbocycles. The van der Waals surface area contributed by atoms with E-state index in [-0.39, 0.29) is 17.8 Å². The molecule has 0 amide bonds. The Bertz CT molecular complexity index is 1040. The smallest absolute Gasteiger partial charge is 0.171 e. The Morgan fingerprint density at radius 1 is 1.10 bits per heavy atom. The van der Waals surface area contributed by atoms with Crippen molar-refractivity contribution in [1.29, 1.82) is 5.26 Å². The zero-order chi connectivity index (χ0) is 22.6. The van der Waals surface area contributed by atoms with Crippen LogP contribution in [0.2, 0.25) is 0 Å². The highest BCUT2D eigenvalue weighted by Gasteiger charge is 2.32. The van der Waals surface area contributed by atoms with Crippen molar-refractivity contribution in [3.05, 3.63) is 70.7 Å². The quantitative estimate of drug-likeness (QED) is 0.607. The summed E-state index contributed by atoms with van der Waals surface area (Å²) in [7, 11) is 0. The fourth-order valence-corrected chi connectivity index (χ4v) is 3.58. The molecule has 1 heterocycles. The van der Waals surface area contributed by atoms with Crippen molar-refractivity contribution >= 4 is 17.3 Å². The third kappa shape index (κ3) is 5.33. The zero-order valence-corrected chi connectivity index (χ0v) is 18.9. The Kier molecular flexibility index (Phi) is 6.81. The van der Waals surface area contributed by atoms with Gasteiger partial charge in [0, 0.05) is 11.1 Å². The minimum absolute atomic E-state index is 0.267. The number of rotatable bonds is 6. The maximum atomic E-state index is 13.1. The van der Waals surface area contributed by atoms with Crippen LogP contribution in [-0.4, -0.2) is 11.7 Å². The number of allylic oxidation sites excluding steroid dienone is 1. The first-order valence-electron chi connectivity index (χ1n) is 10.1. The van der Waals surface area contributed by atoms with Crippen molar-refractivity contribution in [2.45, 2.75) is 40.3 Å². The van der Waals surface area contributed by atoms with Crippen LogP contribution in [-0.2, 0) is 6.61 Å². The minimum atomic E-state index is -0.390. The molecule has 0 saturated heterocycles. The Labute approximate surface area is 187 Å². The predicted octanol–water partition coefficient (Wildman–Crippen LogP) is 5.15. The number of benzene rings is 2. The lowest BCUT2D eigenvalue weighted by molar-refractivity contribution is 0.269. The van der Waals surface area contributed by atoms with Gasteiger partial charge in [0.2, 0.25) is 0 Å². The van der Waals surface area contributed by atoms with Crippen LogP contribution in [0.25, 0.3) is 0 Å². The van der Waals surface area contributed by atoms with Gasteiger partial charge in [-0.2, -0.15) is 5.26 Å². The molecule has 2 N–H and O–H groups in total. The van der Waals surface area contributed by atoms with E-state index in [9.17, 15) is 9.65 Å². The van der Waals surface area contributed by atoms with Crippen molar-refractivity contribution in [3.63, 3.8) is 0 Å². The summed E-state index contributed by atoms with van der Waals surface area (Å²) in [5.41, 5.74) is 2.82. The number of nitrogens with zero attached hydrogens (tertiary/aromatic N) is 1. The van der Waals surface area contributed by atoms with Gasteiger partial charge in [0.1, 0.15) is 12.4 Å². The van der Waals surface area contributed by atoms with Crippen LogP contribution in [0.1, 0.15) is 44.9 Å². The highest BCUT2D eigenvalue weighted by Crippen LogP contribution is 2.37. The number of halogens is 1. The van der Waals surface area contributed by atoms with E-state index in [1.165, 1.54) is 12.1 Å². The Morgan fingerprint density at radius 2 is 1.81 bits per heavy atom. The lowest BCUT2D eigenvalue weighted by Crippen LogP contribution is -2.46. The van der Waals surface area contributed by atoms with Gasteiger partial charge in [0.15, 0.2) is 16.6 Å². The second kappa shape index (κ2) is 9.36. The number of thiocarbonyl (C=S) groups is 1. The Balaban J connectivity index is 1.93. The van der Waals surface area contributed by atoms with Gasteiger partial charge >= 0.3 is 0 Å². The number of nitrogens with one attached hydrogen (secondary N) is 2. The minimum Gasteiger partial charge on any atom is -0.490 e. The van der Waals surface area contributed by atoms with E-state index in [1.54, 1.807) is 12.1 Å². The van der Waals surface area contributed by atoms with E-state index >= 15 is 0 Å². The molecule has 0 fully saturated rings. The lowest BCUT2D eigenvalue weighted by Gasteiger charge is -2.35. The molecule has 1 atom stereocenters. The van der Waals surface area contributed by atoms with Crippen molar-refractivity contribution < 1.29 is 13.9 Å². The standard InChI is InChI=1S/C24H26FN3O2S/c1-5-29-20-12-16(8-11-19(20)30-14-15-6-9-17(25)10-7-15)21-18(13-26)22(24(2,3)4)28-23(31)27-21/h6-12,21H,5,14H2,1-4H3,(H2,27,28,31)/t21-/m0/s1. The van der Waals surface area contributed by atoms with Gasteiger partial charge < -0.3 is 20.1 Å². The molecule has 0 saturated carbocycles. The summed E-state index contributed by atoms with van der Waals surface area (Å²) >= 11 is 5.40. The number of nitriles is 1. The lowest BCUT2D eigenvalue weighted by atomic mass is 9.84. The van der Waals surface area contributed by atoms with E-state index in [2.05, 4.69) is 16.7 Å². The Hall–Kier alpha value is -3.11. The van der Waals surface area contributed by atoms with E-state index in [1.807, 2.05) is 45.9 Å². The molecule has 3 rings (SSSR count). The van der Waals surface area contributed by atoms with Crippen LogP contribution in [0, 0.1) is 22.6 Å². The van der Waals surface area contributed by atoms with Gasteiger partial charge in [0.25, 0.3) is 0 Å². The summed E-state index contributed by atoms with van der Waals surface area (Å²) in [6.07, 6.45) is 0. The van der Waals surface area contributed by atoms with Crippen LogP contribution in [0.5, 0.6) is 11.5 Å². The number of hydrogen-bond donors (Lipinski definition) is 2. The summed E-state index contributed by atoms with van der Waals surface area (Å²) in [6.45, 7) is 8.75. The molecule has 162 valence electrons. The van der Waals surface area contributed by atoms with Gasteiger partial charge in [-0.3, -0.25) is 0 Å². The average Bonchev–Trinajstić information content (AvgIpc) is 2.73. The molecule has 5 nitrogen and oxygen atoms in total. The third-order valence-electron chi connectivity index (χ3n) is 4.85. The van der Waals surface area contributed by atoms with Crippen LogP contribution in [0.15, 0.2) is 53.7 Å². The van der Waals surface area contributed by atoms with Crippen LogP contribution < -0.4 is 20.1 Å². The molecule has 0 bridgehead atoms. The topological polar surface area (TPSA) is 66.3 Å². The largest absolute Gasteiger partial charge is 0.490 e. The predicted molar refractivity (Wildman–Crippen MR) is 122 cm³/mol. The fourth-order valence-electron chi connectivity index (χ4n) is 3.36. The monoisotopic (exact) mass is 439 g/mol. The van der Waals surface area contributed by atoms with Crippen molar-refractivity contribution in [2.24, 2.45) is 5.41 Å². The van der Waals surface area contributed by atoms with E-state index < -0.39 is 6.04 Å². The molecular weight excluding hydrogens is 413 g/mol. The van der Waals surface area contributed by atoms with Gasteiger partial charge in [-0.25, -0.2) is 4.39 Å². The summed E-state index contributed by atoms with van der Waals surface area (Å²) in [5, 5.41) is 16.7. The Morgan fingerprint density at radius 3 is 2.42 bits per heavy atom. The molecule has 31 heavy (non-hydrogen) atoms. The molecule has 0 unspecified atom stereocenters. The van der Waals surface area contributed by atoms with Crippen molar-refractivity contribution in [1.82, 2.24) is 10.6 Å². The first-order valence-corrected chi connectivity index (χ1v) is 10.5. The second-order valence-corrected chi connectivity index (χ2v) is 8.64. The molecule has 1 aliphatic heterocycles. The van der Waals surface area contributed by atoms with E-state index in [0.29, 0.717) is 28.8 Å². The first-order chi connectivity index (χ1) is 14.7. The molecule has 0 radical (unpaired) electrons. The highest BCUT2D eigenvalue weighted by atomic mass is 32.1. The highest BCUT2D eigenvalue weighted by molar-refractivity contribution is 7.80. The normalized spacial score (nSPS) is 16.3. The zero-order valence-electron chi connectivity index (χ0n) is 18.1. The van der Waals surface area contributed by atoms with Gasteiger partial charge in [0.05, 0.1) is 24.3 Å². The fraction of sp³-hybridized carbons (Fsp3) is 0.333. The van der Waals surface area contributed by atoms with Crippen LogP contribution >= 0.6 is 12.2 Å². The SMILES string of the molecule is CCOc1cc([C@@H]2NC(=S)NC(C(C)(C)C)=C2C#N)ccc1OCc1ccc(F)cc1. The summed E-state index contributed by atoms with van der Waals surface area (Å²) in [5.74, 6) is 0.861. The molecular formula is C24H26FN3O2S. The second-order valence-electron chi connectivity index (χ2n) is 8.24. The molecule has 1 aliphatic rings. The maximum absolute atomic E-state index is 13.1. The molecule has 0 aliphatic carbocycles. The average molecular weight is 440 g/mol. The summed E-state index contributed by atoms with van der Waals surface area (Å²) in [4.78, 5) is 0.